The lowest BCUT2D eigenvalue weighted by Crippen LogP contribution is -2.29. The number of benzene rings is 1. The number of likely N-dealkylation sites (tertiary alicyclic amines) is 1. The van der Waals surface area contributed by atoms with Gasteiger partial charge in [0, 0.05) is 17.6 Å². The Morgan fingerprint density at radius 3 is 2.95 bits per heavy atom. The molecule has 1 aromatic heterocycles. The van der Waals surface area contributed by atoms with E-state index in [1.165, 1.54) is 19.4 Å². The average Bonchev–Trinajstić information content (AvgIpc) is 2.95. The molecule has 1 unspecified atom stereocenters. The molecule has 19 heavy (non-hydrogen) atoms. The molecule has 0 bridgehead atoms. The number of halogens is 2. The van der Waals surface area contributed by atoms with Gasteiger partial charge >= 0.3 is 0 Å². The zero-order valence-corrected chi connectivity index (χ0v) is 12.5. The summed E-state index contributed by atoms with van der Waals surface area (Å²) in [5.74, 6) is 1.36. The van der Waals surface area contributed by atoms with Crippen LogP contribution in [0.3, 0.4) is 0 Å². The highest BCUT2D eigenvalue weighted by Crippen LogP contribution is 2.24. The number of imidazole rings is 1. The second kappa shape index (κ2) is 5.31. The van der Waals surface area contributed by atoms with Crippen LogP contribution in [0.15, 0.2) is 18.2 Å². The summed E-state index contributed by atoms with van der Waals surface area (Å²) in [7, 11) is 2.18. The number of hydrogen-bond donors (Lipinski definition) is 0. The van der Waals surface area contributed by atoms with Crippen LogP contribution < -0.4 is 0 Å². The topological polar surface area (TPSA) is 21.1 Å². The molecule has 3 nitrogen and oxygen atoms in total. The highest BCUT2D eigenvalue weighted by molar-refractivity contribution is 6.31. The van der Waals surface area contributed by atoms with E-state index in [1.54, 1.807) is 0 Å². The van der Waals surface area contributed by atoms with Crippen molar-refractivity contribution in [3.8, 4) is 0 Å². The van der Waals surface area contributed by atoms with E-state index >= 15 is 0 Å². The van der Waals surface area contributed by atoms with Gasteiger partial charge in [-0.15, -0.1) is 11.6 Å². The minimum Gasteiger partial charge on any atom is -0.325 e. The van der Waals surface area contributed by atoms with Gasteiger partial charge in [0.15, 0.2) is 0 Å². The van der Waals surface area contributed by atoms with E-state index in [4.69, 9.17) is 23.2 Å². The minimum atomic E-state index is 0.433. The molecule has 5 heteroatoms. The molecule has 0 saturated carbocycles. The summed E-state index contributed by atoms with van der Waals surface area (Å²) in [6, 6.07) is 6.39. The minimum absolute atomic E-state index is 0.433. The number of fused-ring (bicyclic) bond motifs is 1. The third-order valence-electron chi connectivity index (χ3n) is 3.97. The van der Waals surface area contributed by atoms with Crippen molar-refractivity contribution >= 4 is 34.2 Å². The molecule has 0 aliphatic carbocycles. The molecule has 3 rings (SSSR count). The summed E-state index contributed by atoms with van der Waals surface area (Å²) in [6.07, 6.45) is 2.50. The van der Waals surface area contributed by atoms with Crippen LogP contribution in [-0.2, 0) is 12.4 Å². The van der Waals surface area contributed by atoms with Crippen LogP contribution in [0, 0.1) is 0 Å². The molecule has 1 fully saturated rings. The largest absolute Gasteiger partial charge is 0.325 e. The fourth-order valence-electron chi connectivity index (χ4n) is 2.87. The molecular weight excluding hydrogens is 281 g/mol. The zero-order chi connectivity index (χ0) is 13.4. The third-order valence-corrected chi connectivity index (χ3v) is 4.45. The maximum Gasteiger partial charge on any atom is 0.124 e. The van der Waals surface area contributed by atoms with Crippen LogP contribution in [0.4, 0.5) is 0 Å². The number of aromatic nitrogens is 2. The maximum atomic E-state index is 6.10. The second-order valence-corrected chi connectivity index (χ2v) is 5.89. The van der Waals surface area contributed by atoms with Gasteiger partial charge in [0.25, 0.3) is 0 Å². The molecule has 1 aliphatic heterocycles. The predicted molar refractivity (Wildman–Crippen MR) is 80.0 cm³/mol. The predicted octanol–water partition coefficient (Wildman–Crippen LogP) is 3.52. The standard InChI is InChI=1S/C14H17Cl2N3/c1-18-6-2-3-11(18)9-19-13-7-10(16)4-5-12(13)17-14(19)8-15/h4-5,7,11H,2-3,6,8-9H2,1H3. The summed E-state index contributed by atoms with van der Waals surface area (Å²) in [4.78, 5) is 7.00. The monoisotopic (exact) mass is 297 g/mol. The molecule has 0 spiro atoms. The number of nitrogens with zero attached hydrogens (tertiary/aromatic N) is 3. The summed E-state index contributed by atoms with van der Waals surface area (Å²) in [5, 5.41) is 0.745. The van der Waals surface area contributed by atoms with Crippen LogP contribution in [0.2, 0.25) is 5.02 Å². The van der Waals surface area contributed by atoms with Gasteiger partial charge in [0.2, 0.25) is 0 Å². The van der Waals surface area contributed by atoms with E-state index in [1.807, 2.05) is 18.2 Å². The fraction of sp³-hybridized carbons (Fsp3) is 0.500. The molecule has 1 saturated heterocycles. The molecule has 1 aromatic carbocycles. The summed E-state index contributed by atoms with van der Waals surface area (Å²) in [5.41, 5.74) is 2.06. The van der Waals surface area contributed by atoms with E-state index < -0.39 is 0 Å². The quantitative estimate of drug-likeness (QED) is 0.808. The average molecular weight is 298 g/mol. The maximum absolute atomic E-state index is 6.10. The van der Waals surface area contributed by atoms with E-state index in [0.717, 1.165) is 28.4 Å². The van der Waals surface area contributed by atoms with Crippen molar-refractivity contribution in [1.82, 2.24) is 14.5 Å². The van der Waals surface area contributed by atoms with Crippen LogP contribution in [0.5, 0.6) is 0 Å². The molecule has 0 radical (unpaired) electrons. The number of hydrogen-bond acceptors (Lipinski definition) is 2. The molecule has 0 amide bonds. The second-order valence-electron chi connectivity index (χ2n) is 5.18. The Hall–Kier alpha value is -0.770. The Labute approximate surface area is 123 Å². The van der Waals surface area contributed by atoms with Crippen molar-refractivity contribution in [2.45, 2.75) is 31.3 Å². The molecular formula is C14H17Cl2N3. The van der Waals surface area contributed by atoms with E-state index in [-0.39, 0.29) is 0 Å². The lowest BCUT2D eigenvalue weighted by Gasteiger charge is -2.21. The molecule has 102 valence electrons. The SMILES string of the molecule is CN1CCCC1Cn1c(CCl)nc2ccc(Cl)cc21. The summed E-state index contributed by atoms with van der Waals surface area (Å²) < 4.78 is 2.22. The van der Waals surface area contributed by atoms with Crippen LogP contribution >= 0.6 is 23.2 Å². The molecule has 0 N–H and O–H groups in total. The van der Waals surface area contributed by atoms with Crippen LogP contribution in [0.1, 0.15) is 18.7 Å². The van der Waals surface area contributed by atoms with Crippen molar-refractivity contribution in [2.24, 2.45) is 0 Å². The first-order valence-electron chi connectivity index (χ1n) is 6.60. The molecule has 1 atom stereocenters. The molecule has 2 aromatic rings. The van der Waals surface area contributed by atoms with Gasteiger partial charge in [-0.25, -0.2) is 4.98 Å². The Morgan fingerprint density at radius 2 is 2.26 bits per heavy atom. The zero-order valence-electron chi connectivity index (χ0n) is 10.9. The van der Waals surface area contributed by atoms with E-state index in [9.17, 15) is 0 Å². The summed E-state index contributed by atoms with van der Waals surface area (Å²) in [6.45, 7) is 2.11. The van der Waals surface area contributed by atoms with Gasteiger partial charge in [-0.3, -0.25) is 0 Å². The van der Waals surface area contributed by atoms with Gasteiger partial charge < -0.3 is 9.47 Å². The Bertz CT molecular complexity index is 594. The Morgan fingerprint density at radius 1 is 1.42 bits per heavy atom. The number of alkyl halides is 1. The Kier molecular flexibility index (Phi) is 3.70. The van der Waals surface area contributed by atoms with Gasteiger partial charge in [0.1, 0.15) is 5.82 Å². The van der Waals surface area contributed by atoms with Crippen molar-refractivity contribution in [3.63, 3.8) is 0 Å². The highest BCUT2D eigenvalue weighted by atomic mass is 35.5. The van der Waals surface area contributed by atoms with Gasteiger partial charge in [-0.05, 0) is 44.6 Å². The van der Waals surface area contributed by atoms with Crippen molar-refractivity contribution < 1.29 is 0 Å². The first kappa shape index (κ1) is 13.2. The van der Waals surface area contributed by atoms with Crippen molar-refractivity contribution in [3.05, 3.63) is 29.0 Å². The van der Waals surface area contributed by atoms with Crippen LogP contribution in [-0.4, -0.2) is 34.1 Å². The van der Waals surface area contributed by atoms with Gasteiger partial charge in [-0.2, -0.15) is 0 Å². The van der Waals surface area contributed by atoms with E-state index in [0.29, 0.717) is 11.9 Å². The third kappa shape index (κ3) is 2.47. The number of rotatable bonds is 3. The molecule has 2 heterocycles. The fourth-order valence-corrected chi connectivity index (χ4v) is 3.24. The Balaban J connectivity index is 2.02. The van der Waals surface area contributed by atoms with Crippen molar-refractivity contribution in [1.29, 1.82) is 0 Å². The van der Waals surface area contributed by atoms with Gasteiger partial charge in [-0.1, -0.05) is 11.6 Å². The number of likely N-dealkylation sites (N-methyl/N-ethyl adjacent to an activating group) is 1. The highest BCUT2D eigenvalue weighted by Gasteiger charge is 2.23. The lowest BCUT2D eigenvalue weighted by molar-refractivity contribution is 0.282. The van der Waals surface area contributed by atoms with Crippen molar-refractivity contribution in [2.75, 3.05) is 13.6 Å². The lowest BCUT2D eigenvalue weighted by atomic mass is 10.2. The van der Waals surface area contributed by atoms with Gasteiger partial charge in [0.05, 0.1) is 16.9 Å². The smallest absolute Gasteiger partial charge is 0.124 e. The molecule has 1 aliphatic rings. The normalized spacial score (nSPS) is 20.5. The first-order chi connectivity index (χ1) is 9.19. The van der Waals surface area contributed by atoms with Crippen LogP contribution in [0.25, 0.3) is 11.0 Å². The first-order valence-corrected chi connectivity index (χ1v) is 7.51. The van der Waals surface area contributed by atoms with E-state index in [2.05, 4.69) is 21.5 Å². The summed E-state index contributed by atoms with van der Waals surface area (Å²) >= 11 is 12.1.